The minimum atomic E-state index is -0.395. The van der Waals surface area contributed by atoms with Crippen molar-refractivity contribution in [3.8, 4) is 6.07 Å². The first kappa shape index (κ1) is 13.9. The molecule has 1 aromatic heterocycles. The molecule has 2 aromatic rings. The molecular weight excluding hydrogens is 278 g/mol. The van der Waals surface area contributed by atoms with Crippen LogP contribution in [0.2, 0.25) is 5.02 Å². The number of amides is 1. The quantitative estimate of drug-likeness (QED) is 0.905. The summed E-state index contributed by atoms with van der Waals surface area (Å²) < 4.78 is 1.50. The van der Waals surface area contributed by atoms with Gasteiger partial charge in [-0.05, 0) is 25.1 Å². The number of nitrogens with one attached hydrogen (secondary N) is 1. The Balaban J connectivity index is 2.28. The van der Waals surface area contributed by atoms with E-state index in [-0.39, 0.29) is 5.69 Å². The lowest BCUT2D eigenvalue weighted by Gasteiger charge is -2.09. The van der Waals surface area contributed by atoms with Crippen LogP contribution in [-0.4, -0.2) is 15.7 Å². The van der Waals surface area contributed by atoms with Gasteiger partial charge in [-0.3, -0.25) is 9.48 Å². The first-order chi connectivity index (χ1) is 9.56. The molecule has 0 saturated carbocycles. The second kappa shape index (κ2) is 5.63. The Morgan fingerprint density at radius 2 is 2.35 bits per heavy atom. The molecule has 3 N–H and O–H groups in total. The van der Waals surface area contributed by atoms with E-state index in [9.17, 15) is 4.79 Å². The number of carbonyl (C=O) groups excluding carboxylic acids is 1. The molecule has 0 radical (unpaired) electrons. The zero-order chi connectivity index (χ0) is 14.7. The molecule has 0 fully saturated rings. The summed E-state index contributed by atoms with van der Waals surface area (Å²) in [5.41, 5.74) is 7.16. The van der Waals surface area contributed by atoms with Gasteiger partial charge in [0.2, 0.25) is 0 Å². The zero-order valence-electron chi connectivity index (χ0n) is 10.7. The van der Waals surface area contributed by atoms with Crippen molar-refractivity contribution in [2.45, 2.75) is 13.5 Å². The van der Waals surface area contributed by atoms with E-state index in [4.69, 9.17) is 22.6 Å². The van der Waals surface area contributed by atoms with Crippen LogP contribution in [0.25, 0.3) is 0 Å². The number of nitrogen functional groups attached to an aromatic ring is 1. The van der Waals surface area contributed by atoms with Crippen LogP contribution in [0, 0.1) is 11.3 Å². The average Bonchev–Trinajstić information content (AvgIpc) is 2.82. The van der Waals surface area contributed by atoms with Gasteiger partial charge in [0.15, 0.2) is 0 Å². The van der Waals surface area contributed by atoms with E-state index in [1.807, 2.05) is 13.0 Å². The number of aromatic nitrogens is 2. The van der Waals surface area contributed by atoms with Gasteiger partial charge in [0.05, 0.1) is 34.2 Å². The highest BCUT2D eigenvalue weighted by Gasteiger charge is 2.17. The first-order valence-electron chi connectivity index (χ1n) is 5.89. The molecule has 6 nitrogen and oxygen atoms in total. The number of nitriles is 1. The van der Waals surface area contributed by atoms with E-state index in [0.29, 0.717) is 28.5 Å². The third-order valence-electron chi connectivity index (χ3n) is 2.73. The molecule has 0 bridgehead atoms. The SMILES string of the molecule is CCn1ncc(N)c1C(=O)Nc1ccc(C#N)cc1Cl. The molecule has 1 heterocycles. The Bertz CT molecular complexity index is 701. The molecule has 102 valence electrons. The van der Waals surface area contributed by atoms with Gasteiger partial charge in [-0.1, -0.05) is 11.6 Å². The second-order valence-corrected chi connectivity index (χ2v) is 4.43. The predicted octanol–water partition coefficient (Wildman–Crippen LogP) is 2.26. The van der Waals surface area contributed by atoms with Crippen LogP contribution in [0.4, 0.5) is 11.4 Å². The topological polar surface area (TPSA) is 96.7 Å². The molecule has 1 amide bonds. The van der Waals surface area contributed by atoms with Gasteiger partial charge < -0.3 is 11.1 Å². The second-order valence-electron chi connectivity index (χ2n) is 4.02. The van der Waals surface area contributed by atoms with Crippen molar-refractivity contribution in [3.63, 3.8) is 0 Å². The predicted molar refractivity (Wildman–Crippen MR) is 76.4 cm³/mol. The molecule has 0 atom stereocenters. The summed E-state index contributed by atoms with van der Waals surface area (Å²) in [5.74, 6) is -0.395. The lowest BCUT2D eigenvalue weighted by Crippen LogP contribution is -2.19. The Morgan fingerprint density at radius 3 is 2.95 bits per heavy atom. The number of halogens is 1. The fourth-order valence-electron chi connectivity index (χ4n) is 1.76. The van der Waals surface area contributed by atoms with E-state index >= 15 is 0 Å². The maximum atomic E-state index is 12.2. The molecule has 0 unspecified atom stereocenters. The summed E-state index contributed by atoms with van der Waals surface area (Å²) in [6, 6.07) is 6.60. The van der Waals surface area contributed by atoms with Gasteiger partial charge >= 0.3 is 0 Å². The number of benzene rings is 1. The number of anilines is 2. The molecule has 0 spiro atoms. The van der Waals surface area contributed by atoms with E-state index in [2.05, 4.69) is 10.4 Å². The molecule has 0 aliphatic rings. The fourth-order valence-corrected chi connectivity index (χ4v) is 1.98. The van der Waals surface area contributed by atoms with Crippen LogP contribution in [-0.2, 0) is 6.54 Å². The van der Waals surface area contributed by atoms with Crippen molar-refractivity contribution in [3.05, 3.63) is 40.7 Å². The number of hydrogen-bond donors (Lipinski definition) is 2. The minimum Gasteiger partial charge on any atom is -0.396 e. The molecular formula is C13H12ClN5O. The van der Waals surface area contributed by atoms with Crippen LogP contribution in [0.5, 0.6) is 0 Å². The van der Waals surface area contributed by atoms with Crippen molar-refractivity contribution >= 4 is 28.9 Å². The smallest absolute Gasteiger partial charge is 0.276 e. The van der Waals surface area contributed by atoms with Gasteiger partial charge in [0, 0.05) is 6.54 Å². The maximum Gasteiger partial charge on any atom is 0.276 e. The van der Waals surface area contributed by atoms with Gasteiger partial charge in [-0.25, -0.2) is 0 Å². The van der Waals surface area contributed by atoms with Crippen LogP contribution in [0.15, 0.2) is 24.4 Å². The van der Waals surface area contributed by atoms with Crippen LogP contribution >= 0.6 is 11.6 Å². The Labute approximate surface area is 120 Å². The first-order valence-corrected chi connectivity index (χ1v) is 6.27. The van der Waals surface area contributed by atoms with Gasteiger partial charge in [-0.2, -0.15) is 10.4 Å². The average molecular weight is 290 g/mol. The van der Waals surface area contributed by atoms with Crippen molar-refractivity contribution in [2.24, 2.45) is 0 Å². The normalized spacial score (nSPS) is 10.1. The third-order valence-corrected chi connectivity index (χ3v) is 3.04. The fraction of sp³-hybridized carbons (Fsp3) is 0.154. The summed E-state index contributed by atoms with van der Waals surface area (Å²) in [6.07, 6.45) is 1.43. The van der Waals surface area contributed by atoms with Crippen molar-refractivity contribution in [1.82, 2.24) is 9.78 Å². The van der Waals surface area contributed by atoms with E-state index in [1.54, 1.807) is 12.1 Å². The van der Waals surface area contributed by atoms with Crippen molar-refractivity contribution < 1.29 is 4.79 Å². The lowest BCUT2D eigenvalue weighted by molar-refractivity contribution is 0.101. The summed E-state index contributed by atoms with van der Waals surface area (Å²) in [6.45, 7) is 2.39. The molecule has 0 aliphatic heterocycles. The highest BCUT2D eigenvalue weighted by molar-refractivity contribution is 6.34. The lowest BCUT2D eigenvalue weighted by atomic mass is 10.2. The molecule has 20 heavy (non-hydrogen) atoms. The summed E-state index contributed by atoms with van der Waals surface area (Å²) in [5, 5.41) is 15.7. The number of hydrogen-bond acceptors (Lipinski definition) is 4. The van der Waals surface area contributed by atoms with Gasteiger partial charge in [-0.15, -0.1) is 0 Å². The van der Waals surface area contributed by atoms with Crippen LogP contribution in [0.1, 0.15) is 23.0 Å². The summed E-state index contributed by atoms with van der Waals surface area (Å²) in [7, 11) is 0. The largest absolute Gasteiger partial charge is 0.396 e. The maximum absolute atomic E-state index is 12.2. The number of nitrogens with two attached hydrogens (primary N) is 1. The standard InChI is InChI=1S/C13H12ClN5O/c1-2-19-12(10(16)7-17-19)13(20)18-11-4-3-8(6-15)5-9(11)14/h3-5,7H,2,16H2,1H3,(H,18,20). The number of nitrogens with zero attached hydrogens (tertiary/aromatic N) is 3. The monoisotopic (exact) mass is 289 g/mol. The molecule has 7 heteroatoms. The Morgan fingerprint density at radius 1 is 1.60 bits per heavy atom. The Hall–Kier alpha value is -2.52. The summed E-state index contributed by atoms with van der Waals surface area (Å²) >= 11 is 6.01. The van der Waals surface area contributed by atoms with E-state index in [0.717, 1.165) is 0 Å². The number of aryl methyl sites for hydroxylation is 1. The zero-order valence-corrected chi connectivity index (χ0v) is 11.5. The van der Waals surface area contributed by atoms with E-state index < -0.39 is 5.91 Å². The van der Waals surface area contributed by atoms with Gasteiger partial charge in [0.25, 0.3) is 5.91 Å². The molecule has 1 aromatic carbocycles. The van der Waals surface area contributed by atoms with Gasteiger partial charge in [0.1, 0.15) is 5.69 Å². The Kier molecular flexibility index (Phi) is 3.91. The van der Waals surface area contributed by atoms with Crippen LogP contribution < -0.4 is 11.1 Å². The molecule has 2 rings (SSSR count). The minimum absolute atomic E-state index is 0.285. The highest BCUT2D eigenvalue weighted by atomic mass is 35.5. The van der Waals surface area contributed by atoms with Crippen molar-refractivity contribution in [1.29, 1.82) is 5.26 Å². The molecule has 0 saturated heterocycles. The van der Waals surface area contributed by atoms with Crippen LogP contribution in [0.3, 0.4) is 0 Å². The van der Waals surface area contributed by atoms with E-state index in [1.165, 1.54) is 16.9 Å². The number of carbonyl (C=O) groups is 1. The molecule has 0 aliphatic carbocycles. The highest BCUT2D eigenvalue weighted by Crippen LogP contribution is 2.24. The third kappa shape index (κ3) is 2.58. The summed E-state index contributed by atoms with van der Waals surface area (Å²) in [4.78, 5) is 12.2. The number of rotatable bonds is 3. The van der Waals surface area contributed by atoms with Crippen molar-refractivity contribution in [2.75, 3.05) is 11.1 Å².